The summed E-state index contributed by atoms with van der Waals surface area (Å²) in [4.78, 5) is 14.4. The summed E-state index contributed by atoms with van der Waals surface area (Å²) < 4.78 is 0. The van der Waals surface area contributed by atoms with Gasteiger partial charge in [-0.3, -0.25) is 4.79 Å². The van der Waals surface area contributed by atoms with Crippen LogP contribution in [0.15, 0.2) is 18.2 Å². The van der Waals surface area contributed by atoms with Crippen molar-refractivity contribution in [2.75, 3.05) is 13.1 Å². The molecule has 1 aliphatic rings. The van der Waals surface area contributed by atoms with E-state index in [4.69, 9.17) is 17.3 Å². The standard InChI is InChI=1S/C15H21ClN2O.ClH/c1-10-5-6-13(14(16)8-10)15(19)18-7-3-4-12(9-18)11(2)17;/h5-6,8,11-12H,3-4,7,9,17H2,1-2H3;1H. The number of carbonyl (C=O) groups is 1. The van der Waals surface area contributed by atoms with Crippen LogP contribution in [0.2, 0.25) is 5.02 Å². The molecule has 1 saturated heterocycles. The lowest BCUT2D eigenvalue weighted by molar-refractivity contribution is 0.0661. The van der Waals surface area contributed by atoms with Crippen molar-refractivity contribution in [3.63, 3.8) is 0 Å². The van der Waals surface area contributed by atoms with Gasteiger partial charge in [0.05, 0.1) is 10.6 Å². The van der Waals surface area contributed by atoms with Crippen LogP contribution in [0.3, 0.4) is 0 Å². The van der Waals surface area contributed by atoms with Crippen molar-refractivity contribution >= 4 is 29.9 Å². The van der Waals surface area contributed by atoms with Crippen LogP contribution in [0.25, 0.3) is 0 Å². The summed E-state index contributed by atoms with van der Waals surface area (Å²) >= 11 is 6.17. The maximum absolute atomic E-state index is 12.5. The molecule has 1 heterocycles. The molecular weight excluding hydrogens is 295 g/mol. The fourth-order valence-corrected chi connectivity index (χ4v) is 2.90. The molecule has 0 bridgehead atoms. The van der Waals surface area contributed by atoms with E-state index in [0.717, 1.165) is 31.5 Å². The van der Waals surface area contributed by atoms with Crippen LogP contribution >= 0.6 is 24.0 Å². The first-order valence-corrected chi connectivity index (χ1v) is 7.18. The number of rotatable bonds is 2. The molecule has 5 heteroatoms. The Balaban J connectivity index is 0.00000200. The van der Waals surface area contributed by atoms with E-state index in [1.807, 2.05) is 36.9 Å². The average Bonchev–Trinajstić information content (AvgIpc) is 2.38. The van der Waals surface area contributed by atoms with Crippen LogP contribution in [0, 0.1) is 12.8 Å². The van der Waals surface area contributed by atoms with Crippen molar-refractivity contribution in [2.45, 2.75) is 32.7 Å². The minimum atomic E-state index is 0. The quantitative estimate of drug-likeness (QED) is 0.910. The number of nitrogens with two attached hydrogens (primary N) is 1. The first-order valence-electron chi connectivity index (χ1n) is 6.80. The summed E-state index contributed by atoms with van der Waals surface area (Å²) in [6.45, 7) is 5.51. The third-order valence-electron chi connectivity index (χ3n) is 3.84. The molecule has 2 atom stereocenters. The zero-order chi connectivity index (χ0) is 14.0. The maximum atomic E-state index is 12.5. The van der Waals surface area contributed by atoms with Crippen LogP contribution in [0.1, 0.15) is 35.7 Å². The third kappa shape index (κ3) is 3.87. The highest BCUT2D eigenvalue weighted by Crippen LogP contribution is 2.24. The van der Waals surface area contributed by atoms with E-state index in [1.165, 1.54) is 0 Å². The van der Waals surface area contributed by atoms with Crippen molar-refractivity contribution in [3.05, 3.63) is 34.3 Å². The number of carbonyl (C=O) groups excluding carboxylic acids is 1. The number of aryl methyl sites for hydroxylation is 1. The monoisotopic (exact) mass is 316 g/mol. The molecule has 0 saturated carbocycles. The molecule has 2 unspecified atom stereocenters. The minimum Gasteiger partial charge on any atom is -0.338 e. The Morgan fingerprint density at radius 1 is 1.50 bits per heavy atom. The van der Waals surface area contributed by atoms with Crippen molar-refractivity contribution in [2.24, 2.45) is 11.7 Å². The molecule has 1 aliphatic heterocycles. The van der Waals surface area contributed by atoms with Gasteiger partial charge in [-0.25, -0.2) is 0 Å². The predicted octanol–water partition coefficient (Wildman–Crippen LogP) is 3.27. The molecule has 1 fully saturated rings. The van der Waals surface area contributed by atoms with E-state index >= 15 is 0 Å². The Morgan fingerprint density at radius 3 is 2.80 bits per heavy atom. The summed E-state index contributed by atoms with van der Waals surface area (Å²) in [6.07, 6.45) is 2.12. The zero-order valence-corrected chi connectivity index (χ0v) is 13.5. The molecule has 0 aliphatic carbocycles. The summed E-state index contributed by atoms with van der Waals surface area (Å²) in [5.74, 6) is 0.414. The van der Waals surface area contributed by atoms with Gasteiger partial charge in [0.1, 0.15) is 0 Å². The summed E-state index contributed by atoms with van der Waals surface area (Å²) in [5.41, 5.74) is 7.61. The van der Waals surface area contributed by atoms with E-state index in [9.17, 15) is 4.79 Å². The number of halogens is 2. The van der Waals surface area contributed by atoms with Gasteiger partial charge in [0.25, 0.3) is 5.91 Å². The van der Waals surface area contributed by atoms with Gasteiger partial charge in [0.15, 0.2) is 0 Å². The normalized spacial score (nSPS) is 20.2. The summed E-state index contributed by atoms with van der Waals surface area (Å²) in [5, 5.41) is 0.535. The predicted molar refractivity (Wildman–Crippen MR) is 85.7 cm³/mol. The van der Waals surface area contributed by atoms with E-state index in [1.54, 1.807) is 0 Å². The van der Waals surface area contributed by atoms with Crippen molar-refractivity contribution in [1.82, 2.24) is 4.90 Å². The Labute approximate surface area is 131 Å². The molecule has 0 aromatic heterocycles. The summed E-state index contributed by atoms with van der Waals surface area (Å²) in [6, 6.07) is 5.70. The van der Waals surface area contributed by atoms with E-state index in [2.05, 4.69) is 0 Å². The zero-order valence-electron chi connectivity index (χ0n) is 11.9. The van der Waals surface area contributed by atoms with Gasteiger partial charge in [-0.05, 0) is 50.3 Å². The molecule has 20 heavy (non-hydrogen) atoms. The van der Waals surface area contributed by atoms with Gasteiger partial charge < -0.3 is 10.6 Å². The minimum absolute atomic E-state index is 0. The van der Waals surface area contributed by atoms with Crippen LogP contribution < -0.4 is 5.73 Å². The third-order valence-corrected chi connectivity index (χ3v) is 4.16. The highest BCUT2D eigenvalue weighted by Gasteiger charge is 2.27. The fraction of sp³-hybridized carbons (Fsp3) is 0.533. The molecule has 1 aromatic carbocycles. The number of hydrogen-bond donors (Lipinski definition) is 1. The number of piperidine rings is 1. The smallest absolute Gasteiger partial charge is 0.255 e. The topological polar surface area (TPSA) is 46.3 Å². The molecule has 0 radical (unpaired) electrons. The molecule has 0 spiro atoms. The van der Waals surface area contributed by atoms with Crippen LogP contribution in [-0.2, 0) is 0 Å². The van der Waals surface area contributed by atoms with E-state index < -0.39 is 0 Å². The van der Waals surface area contributed by atoms with Crippen molar-refractivity contribution in [3.8, 4) is 0 Å². The lowest BCUT2D eigenvalue weighted by Gasteiger charge is -2.34. The second-order valence-corrected chi connectivity index (χ2v) is 5.90. The lowest BCUT2D eigenvalue weighted by Crippen LogP contribution is -2.45. The van der Waals surface area contributed by atoms with Crippen LogP contribution in [0.4, 0.5) is 0 Å². The molecule has 1 amide bonds. The molecule has 112 valence electrons. The second-order valence-electron chi connectivity index (χ2n) is 5.50. The second kappa shape index (κ2) is 7.30. The SMILES string of the molecule is Cc1ccc(C(=O)N2CCCC(C(C)N)C2)c(Cl)c1.Cl. The van der Waals surface area contributed by atoms with Gasteiger partial charge in [-0.1, -0.05) is 17.7 Å². The van der Waals surface area contributed by atoms with Crippen molar-refractivity contribution in [1.29, 1.82) is 0 Å². The molecule has 2 N–H and O–H groups in total. The molecular formula is C15H22Cl2N2O. The Bertz CT molecular complexity index is 477. The number of nitrogens with zero attached hydrogens (tertiary/aromatic N) is 1. The van der Waals surface area contributed by atoms with Gasteiger partial charge in [-0.2, -0.15) is 0 Å². The fourth-order valence-electron chi connectivity index (χ4n) is 2.59. The van der Waals surface area contributed by atoms with Crippen LogP contribution in [-0.4, -0.2) is 29.9 Å². The first-order chi connectivity index (χ1) is 8.99. The van der Waals surface area contributed by atoms with Gasteiger partial charge in [0, 0.05) is 19.1 Å². The Hall–Kier alpha value is -0.770. The van der Waals surface area contributed by atoms with E-state index in [-0.39, 0.29) is 24.4 Å². The highest BCUT2D eigenvalue weighted by molar-refractivity contribution is 6.33. The average molecular weight is 317 g/mol. The Morgan fingerprint density at radius 2 is 2.20 bits per heavy atom. The molecule has 1 aromatic rings. The van der Waals surface area contributed by atoms with Crippen LogP contribution in [0.5, 0.6) is 0 Å². The number of hydrogen-bond acceptors (Lipinski definition) is 2. The number of amides is 1. The van der Waals surface area contributed by atoms with E-state index in [0.29, 0.717) is 16.5 Å². The van der Waals surface area contributed by atoms with Gasteiger partial charge >= 0.3 is 0 Å². The molecule has 2 rings (SSSR count). The largest absolute Gasteiger partial charge is 0.338 e. The first kappa shape index (κ1) is 17.3. The van der Waals surface area contributed by atoms with Crippen molar-refractivity contribution < 1.29 is 4.79 Å². The van der Waals surface area contributed by atoms with Gasteiger partial charge in [-0.15, -0.1) is 12.4 Å². The number of likely N-dealkylation sites (tertiary alicyclic amines) is 1. The van der Waals surface area contributed by atoms with Gasteiger partial charge in [0.2, 0.25) is 0 Å². The number of benzene rings is 1. The lowest BCUT2D eigenvalue weighted by atomic mass is 9.92. The Kier molecular flexibility index (Phi) is 6.31. The highest BCUT2D eigenvalue weighted by atomic mass is 35.5. The summed E-state index contributed by atoms with van der Waals surface area (Å²) in [7, 11) is 0. The molecule has 3 nitrogen and oxygen atoms in total. The maximum Gasteiger partial charge on any atom is 0.255 e.